The maximum atomic E-state index is 12.1. The summed E-state index contributed by atoms with van der Waals surface area (Å²) in [5, 5.41) is 3.28. The summed E-state index contributed by atoms with van der Waals surface area (Å²) >= 11 is 0. The van der Waals surface area contributed by atoms with E-state index in [0.717, 1.165) is 17.3 Å². The molecule has 1 N–H and O–H groups in total. The quantitative estimate of drug-likeness (QED) is 0.538. The lowest BCUT2D eigenvalue weighted by Gasteiger charge is -2.22. The molecule has 2 aromatic carbocycles. The van der Waals surface area contributed by atoms with Gasteiger partial charge in [-0.15, -0.1) is 0 Å². The van der Waals surface area contributed by atoms with Crippen LogP contribution in [0.15, 0.2) is 64.5 Å². The molecule has 0 radical (unpaired) electrons. The van der Waals surface area contributed by atoms with Crippen molar-refractivity contribution in [3.05, 3.63) is 60.2 Å². The van der Waals surface area contributed by atoms with Crippen LogP contribution in [0.2, 0.25) is 0 Å². The zero-order chi connectivity index (χ0) is 20.6. The van der Waals surface area contributed by atoms with Crippen molar-refractivity contribution in [1.29, 1.82) is 0 Å². The van der Waals surface area contributed by atoms with E-state index in [-0.39, 0.29) is 4.90 Å². The predicted molar refractivity (Wildman–Crippen MR) is 112 cm³/mol. The van der Waals surface area contributed by atoms with Crippen LogP contribution in [0.3, 0.4) is 0 Å². The summed E-state index contributed by atoms with van der Waals surface area (Å²) in [6, 6.07) is 16.5. The molecule has 2 rings (SSSR count). The molecule has 0 aliphatic heterocycles. The van der Waals surface area contributed by atoms with Gasteiger partial charge in [-0.05, 0) is 29.8 Å². The van der Waals surface area contributed by atoms with Crippen LogP contribution >= 0.6 is 0 Å². The first kappa shape index (κ1) is 21.7. The molecule has 0 aliphatic carbocycles. The fourth-order valence-corrected chi connectivity index (χ4v) is 3.38. The molecule has 0 aromatic heterocycles. The van der Waals surface area contributed by atoms with Gasteiger partial charge in [-0.3, -0.25) is 4.99 Å². The lowest BCUT2D eigenvalue weighted by molar-refractivity contribution is 0.281. The van der Waals surface area contributed by atoms with Gasteiger partial charge >= 0.3 is 0 Å². The minimum Gasteiger partial charge on any atom is -0.492 e. The summed E-state index contributed by atoms with van der Waals surface area (Å²) in [5.74, 6) is 1.58. The molecule has 0 unspecified atom stereocenters. The number of likely N-dealkylation sites (N-methyl/N-ethyl adjacent to an activating group) is 1. The van der Waals surface area contributed by atoms with E-state index >= 15 is 0 Å². The summed E-state index contributed by atoms with van der Waals surface area (Å²) in [7, 11) is 3.30. The lowest BCUT2D eigenvalue weighted by Crippen LogP contribution is -2.40. The van der Waals surface area contributed by atoms with E-state index in [1.54, 1.807) is 31.3 Å². The average Bonchev–Trinajstić information content (AvgIpc) is 2.69. The second kappa shape index (κ2) is 10.1. The molecule has 0 saturated heterocycles. The average molecular weight is 405 g/mol. The van der Waals surface area contributed by atoms with Crippen molar-refractivity contribution in [2.45, 2.75) is 11.4 Å². The first-order chi connectivity index (χ1) is 13.3. The van der Waals surface area contributed by atoms with Gasteiger partial charge < -0.3 is 15.0 Å². The Morgan fingerprint density at radius 3 is 2.25 bits per heavy atom. The van der Waals surface area contributed by atoms with Crippen molar-refractivity contribution in [1.82, 2.24) is 14.5 Å². The number of para-hydroxylation sites is 1. The lowest BCUT2D eigenvalue weighted by atomic mass is 10.2. The number of guanidine groups is 1. The number of ether oxygens (including phenoxy) is 1. The monoisotopic (exact) mass is 404 g/mol. The van der Waals surface area contributed by atoms with Crippen LogP contribution in [0.1, 0.15) is 5.56 Å². The molecule has 0 spiro atoms. The number of nitrogens with one attached hydrogen (secondary N) is 1. The van der Waals surface area contributed by atoms with Gasteiger partial charge in [0.1, 0.15) is 12.4 Å². The van der Waals surface area contributed by atoms with Crippen LogP contribution < -0.4 is 10.1 Å². The van der Waals surface area contributed by atoms with E-state index in [1.807, 2.05) is 42.3 Å². The number of sulfonamides is 1. The third kappa shape index (κ3) is 5.97. The Morgan fingerprint density at radius 2 is 1.68 bits per heavy atom. The number of rotatable bonds is 8. The Hall–Kier alpha value is -2.58. The van der Waals surface area contributed by atoms with Gasteiger partial charge in [-0.2, -0.15) is 0 Å². The molecule has 0 fully saturated rings. The van der Waals surface area contributed by atoms with Gasteiger partial charge in [0.05, 0.1) is 11.4 Å². The number of benzene rings is 2. The molecule has 0 saturated carbocycles. The van der Waals surface area contributed by atoms with Gasteiger partial charge in [0, 0.05) is 34.7 Å². The van der Waals surface area contributed by atoms with Crippen LogP contribution in [-0.2, 0) is 16.6 Å². The first-order valence-electron chi connectivity index (χ1n) is 8.95. The van der Waals surface area contributed by atoms with E-state index in [9.17, 15) is 8.42 Å². The molecule has 0 aliphatic rings. The number of hydrogen-bond donors (Lipinski definition) is 1. The second-order valence-electron chi connectivity index (χ2n) is 6.42. The second-order valence-corrected chi connectivity index (χ2v) is 8.57. The molecular formula is C20H28N4O3S. The van der Waals surface area contributed by atoms with Crippen molar-refractivity contribution in [3.63, 3.8) is 0 Å². The normalized spacial score (nSPS) is 12.1. The molecule has 0 atom stereocenters. The molecule has 152 valence electrons. The Kier molecular flexibility index (Phi) is 7.83. The highest BCUT2D eigenvalue weighted by molar-refractivity contribution is 7.89. The summed E-state index contributed by atoms with van der Waals surface area (Å²) in [4.78, 5) is 6.54. The van der Waals surface area contributed by atoms with E-state index in [1.165, 1.54) is 18.4 Å². The molecule has 0 bridgehead atoms. The smallest absolute Gasteiger partial charge is 0.242 e. The Bertz CT molecular complexity index is 866. The van der Waals surface area contributed by atoms with Gasteiger partial charge in [-0.1, -0.05) is 30.3 Å². The van der Waals surface area contributed by atoms with Crippen LogP contribution in [0.25, 0.3) is 0 Å². The van der Waals surface area contributed by atoms with E-state index in [2.05, 4.69) is 10.3 Å². The zero-order valence-corrected chi connectivity index (χ0v) is 17.6. The number of nitrogens with zero attached hydrogens (tertiary/aromatic N) is 3. The maximum Gasteiger partial charge on any atom is 0.242 e. The molecular weight excluding hydrogens is 376 g/mol. The van der Waals surface area contributed by atoms with Crippen molar-refractivity contribution in [3.8, 4) is 5.75 Å². The zero-order valence-electron chi connectivity index (χ0n) is 16.8. The number of aliphatic imine (C=N–C) groups is 1. The largest absolute Gasteiger partial charge is 0.492 e. The summed E-state index contributed by atoms with van der Waals surface area (Å²) in [6.45, 7) is 1.76. The van der Waals surface area contributed by atoms with Gasteiger partial charge in [0.25, 0.3) is 0 Å². The Labute approximate surface area is 167 Å². The molecule has 28 heavy (non-hydrogen) atoms. The third-order valence-electron chi connectivity index (χ3n) is 4.16. The fourth-order valence-electron chi connectivity index (χ4n) is 2.48. The van der Waals surface area contributed by atoms with E-state index < -0.39 is 10.0 Å². The Morgan fingerprint density at radius 1 is 1.04 bits per heavy atom. The molecule has 0 heterocycles. The van der Waals surface area contributed by atoms with E-state index in [4.69, 9.17) is 4.74 Å². The van der Waals surface area contributed by atoms with Gasteiger partial charge in [0.2, 0.25) is 10.0 Å². The predicted octanol–water partition coefficient (Wildman–Crippen LogP) is 2.02. The maximum absolute atomic E-state index is 12.1. The van der Waals surface area contributed by atoms with Crippen molar-refractivity contribution in [2.75, 3.05) is 41.3 Å². The van der Waals surface area contributed by atoms with E-state index in [0.29, 0.717) is 19.7 Å². The number of hydrogen-bond acceptors (Lipinski definition) is 4. The molecule has 8 heteroatoms. The minimum atomic E-state index is -3.41. The third-order valence-corrected chi connectivity index (χ3v) is 5.99. The highest BCUT2D eigenvalue weighted by atomic mass is 32.2. The van der Waals surface area contributed by atoms with Gasteiger partial charge in [-0.25, -0.2) is 12.7 Å². The van der Waals surface area contributed by atoms with Crippen LogP contribution in [0.5, 0.6) is 5.75 Å². The molecule has 2 aromatic rings. The fraction of sp³-hybridized carbons (Fsp3) is 0.350. The van der Waals surface area contributed by atoms with Crippen molar-refractivity contribution >= 4 is 16.0 Å². The summed E-state index contributed by atoms with van der Waals surface area (Å²) in [6.07, 6.45) is 0. The Balaban J connectivity index is 1.86. The van der Waals surface area contributed by atoms with Crippen LogP contribution in [-0.4, -0.2) is 64.9 Å². The highest BCUT2D eigenvalue weighted by Crippen LogP contribution is 2.14. The summed E-state index contributed by atoms with van der Waals surface area (Å²) in [5.41, 5.74) is 0.966. The van der Waals surface area contributed by atoms with Crippen LogP contribution in [0, 0.1) is 0 Å². The summed E-state index contributed by atoms with van der Waals surface area (Å²) < 4.78 is 31.2. The van der Waals surface area contributed by atoms with Crippen molar-refractivity contribution in [2.24, 2.45) is 4.99 Å². The first-order valence-corrected chi connectivity index (χ1v) is 10.4. The topological polar surface area (TPSA) is 74.2 Å². The molecule has 7 nitrogen and oxygen atoms in total. The standard InChI is InChI=1S/C20H28N4O3S/c1-21-20(24(4)14-15-27-18-8-6-5-7-9-18)22-16-17-10-12-19(13-11-17)28(25,26)23(2)3/h5-13H,14-16H2,1-4H3,(H,21,22). The SMILES string of the molecule is CN=C(NCc1ccc(S(=O)(=O)N(C)C)cc1)N(C)CCOc1ccccc1. The minimum absolute atomic E-state index is 0.279. The highest BCUT2D eigenvalue weighted by Gasteiger charge is 2.16. The van der Waals surface area contributed by atoms with Crippen molar-refractivity contribution < 1.29 is 13.2 Å². The molecule has 0 amide bonds. The van der Waals surface area contributed by atoms with Gasteiger partial charge in [0.15, 0.2) is 5.96 Å². The van der Waals surface area contributed by atoms with Crippen LogP contribution in [0.4, 0.5) is 0 Å².